The number of hydrogen-bond acceptors (Lipinski definition) is 4. The third kappa shape index (κ3) is 5.23. The molecule has 1 aliphatic heterocycles. The number of para-hydroxylation sites is 1. The number of ether oxygens (including phenoxy) is 1. The monoisotopic (exact) mass is 422 g/mol. The number of hydrogen-bond donors (Lipinski definition) is 2. The number of carbonyl (C=O) groups is 2. The van der Waals surface area contributed by atoms with Gasteiger partial charge in [-0.25, -0.2) is 0 Å². The first kappa shape index (κ1) is 20.6. The van der Waals surface area contributed by atoms with E-state index in [1.54, 1.807) is 30.3 Å². The summed E-state index contributed by atoms with van der Waals surface area (Å²) in [6.45, 7) is 2.36. The van der Waals surface area contributed by atoms with E-state index < -0.39 is 5.97 Å². The number of rotatable bonds is 6. The van der Waals surface area contributed by atoms with Crippen LogP contribution in [0.5, 0.6) is 0 Å². The predicted molar refractivity (Wildman–Crippen MR) is 108 cm³/mol. The molecular formula is C20H20Cl2N2O4. The van der Waals surface area contributed by atoms with Crippen LogP contribution in [0.15, 0.2) is 42.5 Å². The number of nitrogens with one attached hydrogen (secondary N) is 1. The van der Waals surface area contributed by atoms with E-state index in [1.807, 2.05) is 12.1 Å². The highest BCUT2D eigenvalue weighted by Gasteiger charge is 2.22. The van der Waals surface area contributed by atoms with Gasteiger partial charge in [-0.05, 0) is 29.8 Å². The number of amides is 1. The van der Waals surface area contributed by atoms with Crippen LogP contribution in [0.3, 0.4) is 0 Å². The van der Waals surface area contributed by atoms with E-state index in [2.05, 4.69) is 10.2 Å². The van der Waals surface area contributed by atoms with Crippen molar-refractivity contribution in [2.45, 2.75) is 12.5 Å². The van der Waals surface area contributed by atoms with Crippen molar-refractivity contribution >= 4 is 40.8 Å². The van der Waals surface area contributed by atoms with Gasteiger partial charge in [-0.15, -0.1) is 0 Å². The number of carboxylic acids is 1. The molecule has 28 heavy (non-hydrogen) atoms. The van der Waals surface area contributed by atoms with Gasteiger partial charge in [0.25, 0.3) is 5.91 Å². The molecule has 0 aromatic heterocycles. The molecular weight excluding hydrogens is 403 g/mol. The van der Waals surface area contributed by atoms with Gasteiger partial charge in [0.05, 0.1) is 34.9 Å². The van der Waals surface area contributed by atoms with Crippen LogP contribution in [0.25, 0.3) is 0 Å². The maximum Gasteiger partial charge on any atom is 0.304 e. The quantitative estimate of drug-likeness (QED) is 0.732. The molecule has 2 aromatic rings. The Hall–Kier alpha value is -2.12. The first-order chi connectivity index (χ1) is 13.4. The summed E-state index contributed by atoms with van der Waals surface area (Å²) in [5.41, 5.74) is 1.79. The second-order valence-corrected chi connectivity index (χ2v) is 7.29. The van der Waals surface area contributed by atoms with Crippen LogP contribution in [0, 0.1) is 0 Å². The van der Waals surface area contributed by atoms with Gasteiger partial charge in [0, 0.05) is 25.2 Å². The van der Waals surface area contributed by atoms with Gasteiger partial charge in [0.1, 0.15) is 0 Å². The predicted octanol–water partition coefficient (Wildman–Crippen LogP) is 4.09. The molecule has 0 radical (unpaired) electrons. The maximum atomic E-state index is 12.5. The number of carbonyl (C=O) groups excluding carboxylic acids is 1. The van der Waals surface area contributed by atoms with E-state index in [0.29, 0.717) is 47.5 Å². The molecule has 0 saturated carbocycles. The highest BCUT2D eigenvalue weighted by atomic mass is 35.5. The molecule has 0 aliphatic carbocycles. The van der Waals surface area contributed by atoms with Gasteiger partial charge in [-0.1, -0.05) is 41.4 Å². The highest BCUT2D eigenvalue weighted by molar-refractivity contribution is 6.40. The van der Waals surface area contributed by atoms with Crippen molar-refractivity contribution in [1.82, 2.24) is 4.90 Å². The van der Waals surface area contributed by atoms with Gasteiger partial charge >= 0.3 is 5.97 Å². The Morgan fingerprint density at radius 3 is 2.46 bits per heavy atom. The minimum atomic E-state index is -0.808. The van der Waals surface area contributed by atoms with Crippen molar-refractivity contribution < 1.29 is 19.4 Å². The third-order valence-corrected chi connectivity index (χ3v) is 5.17. The second-order valence-electron chi connectivity index (χ2n) is 6.48. The molecule has 0 spiro atoms. The summed E-state index contributed by atoms with van der Waals surface area (Å²) in [6, 6.07) is 12.1. The largest absolute Gasteiger partial charge is 0.481 e. The van der Waals surface area contributed by atoms with Crippen LogP contribution < -0.4 is 5.32 Å². The average Bonchev–Trinajstić information content (AvgIpc) is 2.69. The Labute approximate surface area is 173 Å². The average molecular weight is 423 g/mol. The van der Waals surface area contributed by atoms with Gasteiger partial charge in [0.15, 0.2) is 0 Å². The minimum absolute atomic E-state index is 0.108. The molecule has 6 nitrogen and oxygen atoms in total. The van der Waals surface area contributed by atoms with Crippen LogP contribution in [0.2, 0.25) is 10.0 Å². The molecule has 1 aliphatic rings. The van der Waals surface area contributed by atoms with Crippen molar-refractivity contribution in [2.24, 2.45) is 0 Å². The summed E-state index contributed by atoms with van der Waals surface area (Å²) < 4.78 is 5.80. The number of morpholine rings is 1. The van der Waals surface area contributed by atoms with Crippen molar-refractivity contribution in [3.8, 4) is 0 Å². The number of nitrogens with zero attached hydrogens (tertiary/aromatic N) is 1. The van der Waals surface area contributed by atoms with Gasteiger partial charge in [0.2, 0.25) is 0 Å². The molecule has 2 aromatic carbocycles. The van der Waals surface area contributed by atoms with Crippen LogP contribution in [0.1, 0.15) is 28.4 Å². The molecule has 1 amide bonds. The van der Waals surface area contributed by atoms with Crippen molar-refractivity contribution in [3.05, 3.63) is 63.6 Å². The SMILES string of the molecule is O=C(O)CCN1CCOC(c2ccc(C(=O)Nc3c(Cl)cccc3Cl)cc2)C1. The summed E-state index contributed by atoms with van der Waals surface area (Å²) in [6.07, 6.45) is -0.0474. The molecule has 1 atom stereocenters. The molecule has 1 unspecified atom stereocenters. The summed E-state index contributed by atoms with van der Waals surface area (Å²) >= 11 is 12.2. The smallest absolute Gasteiger partial charge is 0.304 e. The van der Waals surface area contributed by atoms with E-state index in [9.17, 15) is 9.59 Å². The lowest BCUT2D eigenvalue weighted by atomic mass is 10.0. The van der Waals surface area contributed by atoms with Crippen LogP contribution >= 0.6 is 23.2 Å². The summed E-state index contributed by atoms with van der Waals surface area (Å²) in [5, 5.41) is 12.3. The van der Waals surface area contributed by atoms with Crippen molar-refractivity contribution in [2.75, 3.05) is 31.6 Å². The highest BCUT2D eigenvalue weighted by Crippen LogP contribution is 2.30. The Morgan fingerprint density at radius 2 is 1.82 bits per heavy atom. The van der Waals surface area contributed by atoms with E-state index >= 15 is 0 Å². The van der Waals surface area contributed by atoms with E-state index in [-0.39, 0.29) is 18.4 Å². The lowest BCUT2D eigenvalue weighted by Crippen LogP contribution is -2.39. The van der Waals surface area contributed by atoms with Gasteiger partial charge in [-0.3, -0.25) is 14.5 Å². The normalized spacial score (nSPS) is 17.3. The second kappa shape index (κ2) is 9.39. The zero-order valence-electron chi connectivity index (χ0n) is 15.0. The van der Waals surface area contributed by atoms with E-state index in [4.69, 9.17) is 33.0 Å². The molecule has 3 rings (SSSR count). The summed E-state index contributed by atoms with van der Waals surface area (Å²) in [7, 11) is 0. The fourth-order valence-electron chi connectivity index (χ4n) is 3.01. The lowest BCUT2D eigenvalue weighted by Gasteiger charge is -2.32. The standard InChI is InChI=1S/C20H20Cl2N2O4/c21-15-2-1-3-16(22)19(15)23-20(27)14-6-4-13(5-7-14)17-12-24(10-11-28-17)9-8-18(25)26/h1-7,17H,8-12H2,(H,23,27)(H,25,26). The Kier molecular flexibility index (Phi) is 6.91. The molecule has 1 heterocycles. The molecule has 1 saturated heterocycles. The van der Waals surface area contributed by atoms with E-state index in [0.717, 1.165) is 5.56 Å². The van der Waals surface area contributed by atoms with Crippen molar-refractivity contribution in [1.29, 1.82) is 0 Å². The Morgan fingerprint density at radius 1 is 1.14 bits per heavy atom. The molecule has 1 fully saturated rings. The number of anilines is 1. The summed E-state index contributed by atoms with van der Waals surface area (Å²) in [5.74, 6) is -1.12. The third-order valence-electron chi connectivity index (χ3n) is 4.54. The zero-order chi connectivity index (χ0) is 20.1. The number of halogens is 2. The first-order valence-electron chi connectivity index (χ1n) is 8.85. The number of carboxylic acid groups (broad SMARTS) is 1. The Bertz CT molecular complexity index is 838. The van der Waals surface area contributed by atoms with Crippen LogP contribution in [0.4, 0.5) is 5.69 Å². The Balaban J connectivity index is 1.64. The van der Waals surface area contributed by atoms with Gasteiger partial charge in [-0.2, -0.15) is 0 Å². The topological polar surface area (TPSA) is 78.9 Å². The lowest BCUT2D eigenvalue weighted by molar-refractivity contribution is -0.137. The molecule has 2 N–H and O–H groups in total. The minimum Gasteiger partial charge on any atom is -0.481 e. The molecule has 148 valence electrons. The maximum absolute atomic E-state index is 12.5. The number of benzene rings is 2. The van der Waals surface area contributed by atoms with Crippen LogP contribution in [-0.2, 0) is 9.53 Å². The number of aliphatic carboxylic acids is 1. The first-order valence-corrected chi connectivity index (χ1v) is 9.60. The fourth-order valence-corrected chi connectivity index (χ4v) is 3.51. The molecule has 0 bridgehead atoms. The van der Waals surface area contributed by atoms with Crippen LogP contribution in [-0.4, -0.2) is 48.1 Å². The fraction of sp³-hybridized carbons (Fsp3) is 0.300. The molecule has 8 heteroatoms. The summed E-state index contributed by atoms with van der Waals surface area (Å²) in [4.78, 5) is 25.3. The van der Waals surface area contributed by atoms with E-state index in [1.165, 1.54) is 0 Å². The zero-order valence-corrected chi connectivity index (χ0v) is 16.5. The van der Waals surface area contributed by atoms with Gasteiger partial charge < -0.3 is 15.2 Å². The van der Waals surface area contributed by atoms with Crippen molar-refractivity contribution in [3.63, 3.8) is 0 Å².